The first-order valence-corrected chi connectivity index (χ1v) is 10.6. The van der Waals surface area contributed by atoms with Crippen LogP contribution in [0.2, 0.25) is 0 Å². The molecule has 1 N–H and O–H groups in total. The van der Waals surface area contributed by atoms with Crippen molar-refractivity contribution in [2.45, 2.75) is 21.1 Å². The molecule has 2 rings (SSSR count). The number of hydrogen-bond acceptors (Lipinski definition) is 4. The molecule has 3 nitrogen and oxygen atoms in total. The Labute approximate surface area is 165 Å². The van der Waals surface area contributed by atoms with Crippen LogP contribution in [0.3, 0.4) is 0 Å². The molecule has 0 aromatic heterocycles. The molecule has 0 heterocycles. The summed E-state index contributed by atoms with van der Waals surface area (Å²) >= 11 is 3.45. The number of amides is 1. The summed E-state index contributed by atoms with van der Waals surface area (Å²) in [4.78, 5) is 17.7. The van der Waals surface area contributed by atoms with E-state index in [4.69, 9.17) is 0 Å². The van der Waals surface area contributed by atoms with Crippen molar-refractivity contribution < 1.29 is 4.79 Å². The highest BCUT2D eigenvalue weighted by Crippen LogP contribution is 2.32. The Morgan fingerprint density at radius 1 is 1.08 bits per heavy atom. The van der Waals surface area contributed by atoms with E-state index in [0.717, 1.165) is 23.4 Å². The first kappa shape index (κ1) is 20.6. The molecule has 0 aliphatic heterocycles. The molecule has 0 fully saturated rings. The van der Waals surface area contributed by atoms with Gasteiger partial charge in [0.15, 0.2) is 0 Å². The van der Waals surface area contributed by atoms with Gasteiger partial charge in [-0.15, -0.1) is 11.8 Å². The number of nitrogens with one attached hydrogen (secondary N) is 1. The highest BCUT2D eigenvalue weighted by Gasteiger charge is 2.03. The Hall–Kier alpha value is -1.69. The fraction of sp³-hybridized carbons (Fsp3) is 0.286. The maximum absolute atomic E-state index is 12.0. The van der Waals surface area contributed by atoms with Gasteiger partial charge in [-0.05, 0) is 75.3 Å². The first-order valence-electron chi connectivity index (χ1n) is 8.60. The highest BCUT2D eigenvalue weighted by atomic mass is 32.2. The van der Waals surface area contributed by atoms with Crippen LogP contribution in [-0.2, 0) is 4.79 Å². The topological polar surface area (TPSA) is 32.3 Å². The fourth-order valence-electron chi connectivity index (χ4n) is 2.31. The van der Waals surface area contributed by atoms with Gasteiger partial charge in [-0.3, -0.25) is 4.79 Å². The van der Waals surface area contributed by atoms with Crippen molar-refractivity contribution in [3.8, 4) is 0 Å². The van der Waals surface area contributed by atoms with Gasteiger partial charge in [0.25, 0.3) is 0 Å². The van der Waals surface area contributed by atoms with Gasteiger partial charge in [0.05, 0.1) is 0 Å². The van der Waals surface area contributed by atoms with Crippen LogP contribution in [0.5, 0.6) is 0 Å². The monoisotopic (exact) mass is 386 g/mol. The van der Waals surface area contributed by atoms with Gasteiger partial charge in [0.2, 0.25) is 5.91 Å². The molecule has 0 saturated heterocycles. The van der Waals surface area contributed by atoms with E-state index in [2.05, 4.69) is 46.8 Å². The van der Waals surface area contributed by atoms with Gasteiger partial charge in [-0.2, -0.15) is 0 Å². The minimum absolute atomic E-state index is 0.0483. The van der Waals surface area contributed by atoms with Crippen molar-refractivity contribution in [2.75, 3.05) is 33.4 Å². The summed E-state index contributed by atoms with van der Waals surface area (Å²) in [6.07, 6.45) is 6.53. The molecule has 138 valence electrons. The molecular formula is C21H26N2OS2. The van der Waals surface area contributed by atoms with Crippen molar-refractivity contribution in [1.29, 1.82) is 0 Å². The Bertz CT molecular complexity index is 727. The van der Waals surface area contributed by atoms with Crippen molar-refractivity contribution >= 4 is 35.5 Å². The molecule has 5 heteroatoms. The van der Waals surface area contributed by atoms with Crippen LogP contribution >= 0.6 is 23.5 Å². The summed E-state index contributed by atoms with van der Waals surface area (Å²) in [7, 11) is 4.07. The van der Waals surface area contributed by atoms with E-state index in [1.54, 1.807) is 29.6 Å². The van der Waals surface area contributed by atoms with E-state index < -0.39 is 0 Å². The number of carbonyl (C=O) groups excluding carboxylic acids is 1. The summed E-state index contributed by atoms with van der Waals surface area (Å²) in [5.41, 5.74) is 1.05. The Morgan fingerprint density at radius 2 is 1.77 bits per heavy atom. The van der Waals surface area contributed by atoms with E-state index >= 15 is 0 Å². The van der Waals surface area contributed by atoms with Crippen molar-refractivity contribution in [2.24, 2.45) is 0 Å². The third-order valence-electron chi connectivity index (χ3n) is 3.70. The standard InChI is InChI=1S/C21H26N2OS2/c1-23(2)16-6-15-22-21(24)14-9-17-7-4-5-8-20(17)26-19-12-10-18(25-3)11-13-19/h4-5,7-14H,6,15-16H2,1-3H3,(H,22,24)/b14-9+. The average Bonchev–Trinajstić information content (AvgIpc) is 2.65. The number of benzene rings is 2. The number of hydrogen-bond donors (Lipinski definition) is 1. The van der Waals surface area contributed by atoms with Crippen molar-refractivity contribution in [3.63, 3.8) is 0 Å². The second-order valence-electron chi connectivity index (χ2n) is 6.10. The first-order chi connectivity index (χ1) is 12.6. The van der Waals surface area contributed by atoms with Crippen LogP contribution in [0.15, 0.2) is 69.3 Å². The van der Waals surface area contributed by atoms with Crippen LogP contribution in [0.4, 0.5) is 0 Å². The Morgan fingerprint density at radius 3 is 2.46 bits per heavy atom. The maximum atomic E-state index is 12.0. The summed E-state index contributed by atoms with van der Waals surface area (Å²) < 4.78 is 0. The lowest BCUT2D eigenvalue weighted by Gasteiger charge is -2.09. The minimum Gasteiger partial charge on any atom is -0.353 e. The summed E-state index contributed by atoms with van der Waals surface area (Å²) in [6, 6.07) is 16.7. The quantitative estimate of drug-likeness (QED) is 0.386. The SMILES string of the molecule is CSc1ccc(Sc2ccccc2/C=C/C(=O)NCCCN(C)C)cc1. The zero-order chi connectivity index (χ0) is 18.8. The van der Waals surface area contributed by atoms with Gasteiger partial charge in [0.1, 0.15) is 0 Å². The summed E-state index contributed by atoms with van der Waals surface area (Å²) in [5.74, 6) is -0.0483. The predicted molar refractivity (Wildman–Crippen MR) is 114 cm³/mol. The van der Waals surface area contributed by atoms with E-state index in [-0.39, 0.29) is 5.91 Å². The van der Waals surface area contributed by atoms with Gasteiger partial charge in [-0.25, -0.2) is 0 Å². The molecular weight excluding hydrogens is 360 g/mol. The number of nitrogens with zero attached hydrogens (tertiary/aromatic N) is 1. The molecule has 0 radical (unpaired) electrons. The lowest BCUT2D eigenvalue weighted by Crippen LogP contribution is -2.25. The summed E-state index contributed by atoms with van der Waals surface area (Å²) in [6.45, 7) is 1.67. The molecule has 0 atom stereocenters. The predicted octanol–water partition coefficient (Wildman–Crippen LogP) is 4.64. The van der Waals surface area contributed by atoms with Crippen LogP contribution in [0.1, 0.15) is 12.0 Å². The maximum Gasteiger partial charge on any atom is 0.244 e. The van der Waals surface area contributed by atoms with Crippen molar-refractivity contribution in [3.05, 3.63) is 60.2 Å². The molecule has 0 spiro atoms. The highest BCUT2D eigenvalue weighted by molar-refractivity contribution is 7.99. The number of rotatable bonds is 9. The van der Waals surface area contributed by atoms with Gasteiger partial charge >= 0.3 is 0 Å². The van der Waals surface area contributed by atoms with Crippen LogP contribution < -0.4 is 5.32 Å². The third-order valence-corrected chi connectivity index (χ3v) is 5.54. The van der Waals surface area contributed by atoms with Crippen molar-refractivity contribution in [1.82, 2.24) is 10.2 Å². The van der Waals surface area contributed by atoms with Crippen LogP contribution in [-0.4, -0.2) is 44.2 Å². The van der Waals surface area contributed by atoms with Gasteiger partial charge < -0.3 is 10.2 Å². The number of carbonyl (C=O) groups is 1. The zero-order valence-electron chi connectivity index (χ0n) is 15.6. The molecule has 2 aromatic carbocycles. The molecule has 0 saturated carbocycles. The third kappa shape index (κ3) is 7.28. The summed E-state index contributed by atoms with van der Waals surface area (Å²) in [5, 5.41) is 2.93. The van der Waals surface area contributed by atoms with Crippen LogP contribution in [0, 0.1) is 0 Å². The normalized spacial score (nSPS) is 11.2. The second kappa shape index (κ2) is 11.1. The molecule has 0 aliphatic rings. The molecule has 1 amide bonds. The Balaban J connectivity index is 1.95. The lowest BCUT2D eigenvalue weighted by molar-refractivity contribution is -0.116. The largest absolute Gasteiger partial charge is 0.353 e. The smallest absolute Gasteiger partial charge is 0.244 e. The van der Waals surface area contributed by atoms with E-state index in [0.29, 0.717) is 6.54 Å². The fourth-order valence-corrected chi connectivity index (χ4v) is 3.65. The van der Waals surface area contributed by atoms with E-state index in [1.165, 1.54) is 9.79 Å². The second-order valence-corrected chi connectivity index (χ2v) is 8.09. The molecule has 26 heavy (non-hydrogen) atoms. The van der Waals surface area contributed by atoms with Gasteiger partial charge in [-0.1, -0.05) is 30.0 Å². The lowest BCUT2D eigenvalue weighted by atomic mass is 10.2. The molecule has 0 bridgehead atoms. The number of thioether (sulfide) groups is 1. The Kier molecular flexibility index (Phi) is 8.81. The zero-order valence-corrected chi connectivity index (χ0v) is 17.2. The van der Waals surface area contributed by atoms with E-state index in [1.807, 2.05) is 38.4 Å². The van der Waals surface area contributed by atoms with Crippen LogP contribution in [0.25, 0.3) is 6.08 Å². The molecule has 0 unspecified atom stereocenters. The molecule has 2 aromatic rings. The average molecular weight is 387 g/mol. The molecule has 0 aliphatic carbocycles. The minimum atomic E-state index is -0.0483. The van der Waals surface area contributed by atoms with Gasteiger partial charge in [0, 0.05) is 27.3 Å². The van der Waals surface area contributed by atoms with E-state index in [9.17, 15) is 4.79 Å².